The molecule has 3 aromatic carbocycles. The lowest BCUT2D eigenvalue weighted by atomic mass is 10.1. The molecular formula is C23H15ClFNO5. The van der Waals surface area contributed by atoms with Crippen LogP contribution >= 0.6 is 11.6 Å². The number of aliphatic carboxylic acids is 1. The molecule has 0 atom stereocenters. The van der Waals surface area contributed by atoms with Crippen molar-refractivity contribution in [2.24, 2.45) is 0 Å². The number of hydrogen-bond donors (Lipinski definition) is 2. The Balaban J connectivity index is 1.92. The summed E-state index contributed by atoms with van der Waals surface area (Å²) in [6.45, 7) is 0. The number of aromatic carboxylic acids is 1. The number of para-hydroxylation sites is 1. The second kappa shape index (κ2) is 8.12. The van der Waals surface area contributed by atoms with Crippen LogP contribution in [-0.4, -0.2) is 26.7 Å². The molecule has 8 heteroatoms. The molecule has 1 heterocycles. The fourth-order valence-corrected chi connectivity index (χ4v) is 3.60. The van der Waals surface area contributed by atoms with E-state index in [1.54, 1.807) is 47.0 Å². The third kappa shape index (κ3) is 3.95. The van der Waals surface area contributed by atoms with Gasteiger partial charge in [-0.3, -0.25) is 4.79 Å². The highest BCUT2D eigenvalue weighted by molar-refractivity contribution is 6.30. The maximum absolute atomic E-state index is 13.7. The third-order valence-corrected chi connectivity index (χ3v) is 5.02. The molecule has 4 aromatic rings. The molecule has 0 saturated heterocycles. The van der Waals surface area contributed by atoms with Crippen LogP contribution in [0.3, 0.4) is 0 Å². The molecule has 4 rings (SSSR count). The van der Waals surface area contributed by atoms with Crippen molar-refractivity contribution in [1.82, 2.24) is 4.57 Å². The second-order valence-corrected chi connectivity index (χ2v) is 7.13. The van der Waals surface area contributed by atoms with Crippen molar-refractivity contribution in [3.05, 3.63) is 88.8 Å². The van der Waals surface area contributed by atoms with Crippen LogP contribution in [0.2, 0.25) is 5.02 Å². The average molecular weight is 440 g/mol. The zero-order valence-corrected chi connectivity index (χ0v) is 16.6. The smallest absolute Gasteiger partial charge is 0.338 e. The first-order valence-electron chi connectivity index (χ1n) is 9.16. The van der Waals surface area contributed by atoms with E-state index in [-0.39, 0.29) is 27.8 Å². The molecule has 0 spiro atoms. The number of carboxylic acids is 2. The van der Waals surface area contributed by atoms with Crippen LogP contribution in [0.4, 0.5) is 4.39 Å². The first-order chi connectivity index (χ1) is 14.8. The number of fused-ring (bicyclic) bond motifs is 1. The van der Waals surface area contributed by atoms with Crippen LogP contribution in [0.25, 0.3) is 16.6 Å². The van der Waals surface area contributed by atoms with E-state index in [4.69, 9.17) is 16.3 Å². The van der Waals surface area contributed by atoms with Gasteiger partial charge in [-0.1, -0.05) is 29.8 Å². The summed E-state index contributed by atoms with van der Waals surface area (Å²) in [7, 11) is 0. The van der Waals surface area contributed by atoms with Gasteiger partial charge in [0.1, 0.15) is 17.3 Å². The Morgan fingerprint density at radius 1 is 0.968 bits per heavy atom. The molecule has 0 radical (unpaired) electrons. The number of nitrogens with zero attached hydrogens (tertiary/aromatic N) is 1. The minimum absolute atomic E-state index is 0.0470. The van der Waals surface area contributed by atoms with Gasteiger partial charge in [0.25, 0.3) is 0 Å². The normalized spacial score (nSPS) is 10.9. The Bertz CT molecular complexity index is 1320. The summed E-state index contributed by atoms with van der Waals surface area (Å²) < 4.78 is 21.0. The van der Waals surface area contributed by atoms with Gasteiger partial charge in [-0.05, 0) is 42.5 Å². The zero-order valence-electron chi connectivity index (χ0n) is 15.9. The van der Waals surface area contributed by atoms with E-state index in [1.807, 2.05) is 0 Å². The van der Waals surface area contributed by atoms with Gasteiger partial charge in [0.15, 0.2) is 0 Å². The van der Waals surface area contributed by atoms with Crippen molar-refractivity contribution in [1.29, 1.82) is 0 Å². The number of carbonyl (C=O) groups is 2. The largest absolute Gasteiger partial charge is 0.481 e. The predicted molar refractivity (Wildman–Crippen MR) is 113 cm³/mol. The third-order valence-electron chi connectivity index (χ3n) is 4.71. The molecule has 0 saturated carbocycles. The molecule has 0 bridgehead atoms. The number of rotatable bonds is 6. The van der Waals surface area contributed by atoms with Crippen LogP contribution in [0, 0.1) is 5.82 Å². The van der Waals surface area contributed by atoms with Crippen molar-refractivity contribution in [3.8, 4) is 17.2 Å². The molecule has 0 amide bonds. The van der Waals surface area contributed by atoms with E-state index in [2.05, 4.69) is 0 Å². The summed E-state index contributed by atoms with van der Waals surface area (Å²) in [4.78, 5) is 23.6. The molecule has 2 N–H and O–H groups in total. The van der Waals surface area contributed by atoms with E-state index in [1.165, 1.54) is 18.2 Å². The number of halogens is 2. The SMILES string of the molecule is O=C(O)Cc1c(C(=O)O)c2cc(Oc3ccc(Cl)c(F)c3)ccc2n1-c1ccccc1. The molecule has 0 unspecified atom stereocenters. The van der Waals surface area contributed by atoms with Gasteiger partial charge in [-0.15, -0.1) is 0 Å². The first-order valence-corrected chi connectivity index (χ1v) is 9.53. The highest BCUT2D eigenvalue weighted by Gasteiger charge is 2.25. The molecule has 0 aliphatic rings. The van der Waals surface area contributed by atoms with Crippen LogP contribution in [0.15, 0.2) is 66.7 Å². The number of aromatic nitrogens is 1. The van der Waals surface area contributed by atoms with Crippen LogP contribution < -0.4 is 4.74 Å². The molecular weight excluding hydrogens is 425 g/mol. The molecule has 0 aliphatic carbocycles. The minimum Gasteiger partial charge on any atom is -0.481 e. The molecule has 0 aliphatic heterocycles. The maximum Gasteiger partial charge on any atom is 0.338 e. The van der Waals surface area contributed by atoms with E-state index in [0.717, 1.165) is 6.07 Å². The molecule has 156 valence electrons. The Morgan fingerprint density at radius 3 is 2.29 bits per heavy atom. The van der Waals surface area contributed by atoms with Crippen molar-refractivity contribution >= 4 is 34.4 Å². The summed E-state index contributed by atoms with van der Waals surface area (Å²) in [5.74, 6) is -2.61. The summed E-state index contributed by atoms with van der Waals surface area (Å²) in [5, 5.41) is 19.5. The summed E-state index contributed by atoms with van der Waals surface area (Å²) in [6.07, 6.45) is -0.482. The minimum atomic E-state index is -1.26. The average Bonchev–Trinajstić information content (AvgIpc) is 3.04. The number of carboxylic acid groups (broad SMARTS) is 2. The molecule has 6 nitrogen and oxygen atoms in total. The van der Waals surface area contributed by atoms with Gasteiger partial charge < -0.3 is 19.5 Å². The highest BCUT2D eigenvalue weighted by atomic mass is 35.5. The summed E-state index contributed by atoms with van der Waals surface area (Å²) >= 11 is 5.69. The topological polar surface area (TPSA) is 88.8 Å². The second-order valence-electron chi connectivity index (χ2n) is 6.73. The van der Waals surface area contributed by atoms with E-state index < -0.39 is 24.2 Å². The molecule has 31 heavy (non-hydrogen) atoms. The van der Waals surface area contributed by atoms with Crippen molar-refractivity contribution in [3.63, 3.8) is 0 Å². The monoisotopic (exact) mass is 439 g/mol. The van der Waals surface area contributed by atoms with E-state index in [0.29, 0.717) is 16.6 Å². The molecule has 1 aromatic heterocycles. The Morgan fingerprint density at radius 2 is 1.65 bits per heavy atom. The van der Waals surface area contributed by atoms with Gasteiger partial charge >= 0.3 is 11.9 Å². The standard InChI is InChI=1S/C23H15ClFNO5/c24-17-8-6-15(11-18(17)25)31-14-7-9-19-16(10-14)22(23(29)30)20(12-21(27)28)26(19)13-4-2-1-3-5-13/h1-11H,12H2,(H,27,28)(H,29,30). The van der Waals surface area contributed by atoms with Crippen LogP contribution in [0.1, 0.15) is 16.1 Å². The fraction of sp³-hybridized carbons (Fsp3) is 0.0435. The first kappa shape index (κ1) is 20.4. The van der Waals surface area contributed by atoms with Crippen LogP contribution in [-0.2, 0) is 11.2 Å². The molecule has 0 fully saturated rings. The number of benzene rings is 3. The van der Waals surface area contributed by atoms with Gasteiger partial charge in [0.05, 0.1) is 22.5 Å². The van der Waals surface area contributed by atoms with Gasteiger partial charge in [-0.25, -0.2) is 9.18 Å². The maximum atomic E-state index is 13.7. The zero-order chi connectivity index (χ0) is 22.1. The number of hydrogen-bond acceptors (Lipinski definition) is 3. The van der Waals surface area contributed by atoms with Crippen molar-refractivity contribution in [2.75, 3.05) is 0 Å². The van der Waals surface area contributed by atoms with Crippen molar-refractivity contribution in [2.45, 2.75) is 6.42 Å². The number of ether oxygens (including phenoxy) is 1. The Labute approximate surface area is 180 Å². The van der Waals surface area contributed by atoms with Gasteiger partial charge in [0, 0.05) is 22.8 Å². The Kier molecular flexibility index (Phi) is 5.35. The highest BCUT2D eigenvalue weighted by Crippen LogP contribution is 2.34. The predicted octanol–water partition coefficient (Wildman–Crippen LogP) is 5.54. The Hall–Kier alpha value is -3.84. The van der Waals surface area contributed by atoms with Crippen LogP contribution in [0.5, 0.6) is 11.5 Å². The van der Waals surface area contributed by atoms with E-state index >= 15 is 0 Å². The van der Waals surface area contributed by atoms with Gasteiger partial charge in [-0.2, -0.15) is 0 Å². The lowest BCUT2D eigenvalue weighted by molar-refractivity contribution is -0.136. The van der Waals surface area contributed by atoms with Gasteiger partial charge in [0.2, 0.25) is 0 Å². The summed E-state index contributed by atoms with van der Waals surface area (Å²) in [5.41, 5.74) is 1.14. The lowest BCUT2D eigenvalue weighted by Crippen LogP contribution is -2.11. The van der Waals surface area contributed by atoms with Crippen molar-refractivity contribution < 1.29 is 28.9 Å². The lowest BCUT2D eigenvalue weighted by Gasteiger charge is -2.10. The summed E-state index contributed by atoms with van der Waals surface area (Å²) in [6, 6.07) is 17.6. The fourth-order valence-electron chi connectivity index (χ4n) is 3.48. The van der Waals surface area contributed by atoms with E-state index in [9.17, 15) is 24.2 Å². The quantitative estimate of drug-likeness (QED) is 0.411.